The van der Waals surface area contributed by atoms with Crippen LogP contribution >= 0.6 is 0 Å². The molecule has 0 aliphatic rings. The zero-order valence-corrected chi connectivity index (χ0v) is 8.49. The first-order chi connectivity index (χ1) is 6.57. The largest absolute Gasteiger partial charge is 0.480 e. The van der Waals surface area contributed by atoms with E-state index in [1.165, 1.54) is 0 Å². The number of carbonyl (C=O) groups is 1. The molecule has 2 unspecified atom stereocenters. The van der Waals surface area contributed by atoms with E-state index in [2.05, 4.69) is 15.5 Å². The Kier molecular flexibility index (Phi) is 7.31. The predicted molar refractivity (Wildman–Crippen MR) is 51.1 cm³/mol. The number of hydrogen-bond donors (Lipinski definition) is 4. The molecule has 0 bridgehead atoms. The van der Waals surface area contributed by atoms with Crippen LogP contribution < -0.4 is 10.6 Å². The first-order valence-electron chi connectivity index (χ1n) is 4.54. The molecular weight excluding hydrogens is 188 g/mol. The number of rotatable bonds is 8. The molecule has 0 saturated heterocycles. The van der Waals surface area contributed by atoms with Gasteiger partial charge in [0.25, 0.3) is 0 Å². The maximum atomic E-state index is 10.4. The highest BCUT2D eigenvalue weighted by molar-refractivity contribution is 5.72. The van der Waals surface area contributed by atoms with Gasteiger partial charge in [-0.15, -0.1) is 0 Å². The fraction of sp³-hybridized carbons (Fsp3) is 0.875. The topological polar surface area (TPSA) is 90.8 Å². The van der Waals surface area contributed by atoms with Crippen molar-refractivity contribution in [1.82, 2.24) is 10.6 Å². The van der Waals surface area contributed by atoms with Gasteiger partial charge < -0.3 is 15.7 Å². The number of carboxylic acids is 1. The Morgan fingerprint density at radius 3 is 2.43 bits per heavy atom. The van der Waals surface area contributed by atoms with E-state index in [4.69, 9.17) is 10.4 Å². The molecule has 84 valence electrons. The van der Waals surface area contributed by atoms with Gasteiger partial charge in [0.05, 0.1) is 6.61 Å². The summed E-state index contributed by atoms with van der Waals surface area (Å²) in [5.41, 5.74) is 0. The zero-order chi connectivity index (χ0) is 11.0. The summed E-state index contributed by atoms with van der Waals surface area (Å²) < 4.78 is 0. The van der Waals surface area contributed by atoms with Crippen LogP contribution in [0.4, 0.5) is 0 Å². The van der Waals surface area contributed by atoms with Gasteiger partial charge in [0.2, 0.25) is 0 Å². The van der Waals surface area contributed by atoms with E-state index in [0.717, 1.165) is 0 Å². The fourth-order valence-corrected chi connectivity index (χ4v) is 0.865. The van der Waals surface area contributed by atoms with Gasteiger partial charge in [-0.05, 0) is 13.8 Å². The van der Waals surface area contributed by atoms with Gasteiger partial charge in [-0.25, -0.2) is 4.89 Å². The molecule has 0 heterocycles. The third kappa shape index (κ3) is 6.79. The summed E-state index contributed by atoms with van der Waals surface area (Å²) in [5, 5.41) is 22.5. The van der Waals surface area contributed by atoms with Crippen LogP contribution in [-0.4, -0.2) is 48.1 Å². The van der Waals surface area contributed by atoms with Crippen molar-refractivity contribution < 1.29 is 20.0 Å². The summed E-state index contributed by atoms with van der Waals surface area (Å²) >= 11 is 0. The van der Waals surface area contributed by atoms with Gasteiger partial charge in [0.15, 0.2) is 0 Å². The van der Waals surface area contributed by atoms with Gasteiger partial charge >= 0.3 is 5.97 Å². The second kappa shape index (κ2) is 7.69. The first-order valence-corrected chi connectivity index (χ1v) is 4.54. The van der Waals surface area contributed by atoms with E-state index in [-0.39, 0.29) is 12.6 Å². The second-order valence-electron chi connectivity index (χ2n) is 3.16. The number of hydrogen-bond acceptors (Lipinski definition) is 5. The molecule has 6 nitrogen and oxygen atoms in total. The minimum Gasteiger partial charge on any atom is -0.480 e. The predicted octanol–water partition coefficient (Wildman–Crippen LogP) is -0.483. The molecule has 2 atom stereocenters. The van der Waals surface area contributed by atoms with Gasteiger partial charge in [0.1, 0.15) is 6.04 Å². The van der Waals surface area contributed by atoms with Crippen molar-refractivity contribution in [3.63, 3.8) is 0 Å². The maximum absolute atomic E-state index is 10.4. The van der Waals surface area contributed by atoms with E-state index in [0.29, 0.717) is 13.1 Å². The van der Waals surface area contributed by atoms with Crippen molar-refractivity contribution in [2.45, 2.75) is 25.9 Å². The number of carboxylic acid groups (broad SMARTS) is 1. The molecule has 14 heavy (non-hydrogen) atoms. The normalized spacial score (nSPS) is 15.1. The van der Waals surface area contributed by atoms with Crippen LogP contribution in [0, 0.1) is 0 Å². The number of nitrogens with one attached hydrogen (secondary N) is 2. The molecule has 0 aromatic rings. The summed E-state index contributed by atoms with van der Waals surface area (Å²) in [4.78, 5) is 14.3. The Bertz CT molecular complexity index is 165. The van der Waals surface area contributed by atoms with E-state index >= 15 is 0 Å². The lowest BCUT2D eigenvalue weighted by atomic mass is 10.3. The molecule has 6 heteroatoms. The molecule has 0 amide bonds. The van der Waals surface area contributed by atoms with Crippen LogP contribution in [0.3, 0.4) is 0 Å². The van der Waals surface area contributed by atoms with Crippen molar-refractivity contribution in [1.29, 1.82) is 0 Å². The van der Waals surface area contributed by atoms with Crippen LogP contribution in [-0.2, 0) is 9.68 Å². The molecule has 0 rings (SSSR count). The molecule has 4 N–H and O–H groups in total. The molecule has 0 aliphatic carbocycles. The summed E-state index contributed by atoms with van der Waals surface area (Å²) in [5.74, 6) is -0.864. The van der Waals surface area contributed by atoms with Crippen LogP contribution in [0.15, 0.2) is 0 Å². The van der Waals surface area contributed by atoms with Gasteiger partial charge in [-0.2, -0.15) is 0 Å². The highest BCUT2D eigenvalue weighted by Crippen LogP contribution is 1.82. The Labute approximate surface area is 83.2 Å². The van der Waals surface area contributed by atoms with E-state index < -0.39 is 12.0 Å². The van der Waals surface area contributed by atoms with Crippen molar-refractivity contribution >= 4 is 5.97 Å². The molecule has 0 fully saturated rings. The standard InChI is InChI=1S/C8H18N2O4/c1-6(5-14-13)9-3-4-10-7(2)8(11)12/h6-7,9-10,13H,3-5H2,1-2H3,(H,11,12). The quantitative estimate of drug-likeness (QED) is 0.243. The van der Waals surface area contributed by atoms with Crippen LogP contribution in [0.2, 0.25) is 0 Å². The summed E-state index contributed by atoms with van der Waals surface area (Å²) in [6.07, 6.45) is 0. The Hall–Kier alpha value is -0.690. The summed E-state index contributed by atoms with van der Waals surface area (Å²) in [6, 6.07) is -0.497. The van der Waals surface area contributed by atoms with Crippen LogP contribution in [0.5, 0.6) is 0 Å². The van der Waals surface area contributed by atoms with E-state index in [1.807, 2.05) is 6.92 Å². The Balaban J connectivity index is 3.33. The smallest absolute Gasteiger partial charge is 0.320 e. The van der Waals surface area contributed by atoms with Crippen molar-refractivity contribution in [3.05, 3.63) is 0 Å². The first kappa shape index (κ1) is 13.3. The lowest BCUT2D eigenvalue weighted by Gasteiger charge is -2.13. The van der Waals surface area contributed by atoms with E-state index in [9.17, 15) is 4.79 Å². The Morgan fingerprint density at radius 1 is 1.36 bits per heavy atom. The lowest BCUT2D eigenvalue weighted by molar-refractivity contribution is -0.245. The monoisotopic (exact) mass is 206 g/mol. The molecule has 0 spiro atoms. The minimum absolute atomic E-state index is 0.0435. The zero-order valence-electron chi connectivity index (χ0n) is 8.49. The third-order valence-corrected chi connectivity index (χ3v) is 1.76. The van der Waals surface area contributed by atoms with Crippen LogP contribution in [0.25, 0.3) is 0 Å². The van der Waals surface area contributed by atoms with E-state index in [1.54, 1.807) is 6.92 Å². The summed E-state index contributed by atoms with van der Waals surface area (Å²) in [7, 11) is 0. The fourth-order valence-electron chi connectivity index (χ4n) is 0.865. The van der Waals surface area contributed by atoms with Crippen LogP contribution in [0.1, 0.15) is 13.8 Å². The number of aliphatic carboxylic acids is 1. The lowest BCUT2D eigenvalue weighted by Crippen LogP contribution is -2.41. The van der Waals surface area contributed by atoms with Crippen molar-refractivity contribution in [2.24, 2.45) is 0 Å². The molecule has 0 aromatic carbocycles. The maximum Gasteiger partial charge on any atom is 0.320 e. The molecule has 0 radical (unpaired) electrons. The molecule has 0 aromatic heterocycles. The third-order valence-electron chi connectivity index (χ3n) is 1.76. The Morgan fingerprint density at radius 2 is 1.93 bits per heavy atom. The molecular formula is C8H18N2O4. The summed E-state index contributed by atoms with van der Waals surface area (Å²) in [6.45, 7) is 4.85. The molecule has 0 saturated carbocycles. The second-order valence-corrected chi connectivity index (χ2v) is 3.16. The van der Waals surface area contributed by atoms with Gasteiger partial charge in [-0.3, -0.25) is 10.1 Å². The van der Waals surface area contributed by atoms with Gasteiger partial charge in [-0.1, -0.05) is 0 Å². The SMILES string of the molecule is CC(COO)NCCNC(C)C(=O)O. The average Bonchev–Trinajstić information content (AvgIpc) is 2.12. The average molecular weight is 206 g/mol. The van der Waals surface area contributed by atoms with Gasteiger partial charge in [0, 0.05) is 19.1 Å². The minimum atomic E-state index is -0.864. The van der Waals surface area contributed by atoms with Crippen molar-refractivity contribution in [3.8, 4) is 0 Å². The highest BCUT2D eigenvalue weighted by Gasteiger charge is 2.08. The molecule has 0 aliphatic heterocycles. The van der Waals surface area contributed by atoms with Crippen molar-refractivity contribution in [2.75, 3.05) is 19.7 Å². The highest BCUT2D eigenvalue weighted by atomic mass is 17.1.